The molecule has 0 bridgehead atoms. The number of rotatable bonds is 2. The van der Waals surface area contributed by atoms with Crippen molar-refractivity contribution >= 4 is 41.2 Å². The summed E-state index contributed by atoms with van der Waals surface area (Å²) in [6.45, 7) is 0. The average Bonchev–Trinajstić information content (AvgIpc) is 3.01. The minimum atomic E-state index is -0.553. The van der Waals surface area contributed by atoms with E-state index >= 15 is 0 Å². The Kier molecular flexibility index (Phi) is 3.45. The maximum atomic E-state index is 11.4. The molecule has 0 aliphatic carbocycles. The lowest BCUT2D eigenvalue weighted by Crippen LogP contribution is -2.22. The number of urea groups is 1. The number of hydrogen-bond acceptors (Lipinski definition) is 3. The molecule has 21 heavy (non-hydrogen) atoms. The maximum absolute atomic E-state index is 11.4. The first kappa shape index (κ1) is 13.7. The van der Waals surface area contributed by atoms with Crippen LogP contribution in [-0.2, 0) is 4.79 Å². The summed E-state index contributed by atoms with van der Waals surface area (Å²) in [6, 6.07) is 7.99. The zero-order valence-corrected chi connectivity index (χ0v) is 12.0. The van der Waals surface area contributed by atoms with Gasteiger partial charge in [0.2, 0.25) is 0 Å². The number of furan rings is 1. The monoisotopic (exact) mass is 322 g/mol. The number of carbonyl (C=O) groups is 2. The fourth-order valence-electron chi connectivity index (χ4n) is 1.86. The van der Waals surface area contributed by atoms with Crippen LogP contribution in [-0.4, -0.2) is 11.9 Å². The molecule has 5 nitrogen and oxygen atoms in total. The Balaban J connectivity index is 1.90. The van der Waals surface area contributed by atoms with Crippen molar-refractivity contribution in [2.24, 2.45) is 0 Å². The molecule has 2 N–H and O–H groups in total. The third-order valence-electron chi connectivity index (χ3n) is 2.84. The lowest BCUT2D eigenvalue weighted by atomic mass is 10.2. The molecule has 0 atom stereocenters. The van der Waals surface area contributed by atoms with Gasteiger partial charge in [-0.05, 0) is 30.3 Å². The third-order valence-corrected chi connectivity index (χ3v) is 3.58. The van der Waals surface area contributed by atoms with Crippen molar-refractivity contribution in [1.29, 1.82) is 0 Å². The van der Waals surface area contributed by atoms with Gasteiger partial charge in [0.1, 0.15) is 17.2 Å². The molecule has 7 heteroatoms. The Morgan fingerprint density at radius 1 is 1.00 bits per heavy atom. The van der Waals surface area contributed by atoms with Gasteiger partial charge < -0.3 is 9.73 Å². The molecule has 2 heterocycles. The Morgan fingerprint density at radius 3 is 2.48 bits per heavy atom. The van der Waals surface area contributed by atoms with Crippen molar-refractivity contribution in [3.05, 3.63) is 51.8 Å². The van der Waals surface area contributed by atoms with Gasteiger partial charge in [0, 0.05) is 11.6 Å². The highest BCUT2D eigenvalue weighted by Gasteiger charge is 2.23. The first-order valence-electron chi connectivity index (χ1n) is 5.92. The summed E-state index contributed by atoms with van der Waals surface area (Å²) in [5.41, 5.74) is 0.893. The molecule has 1 aromatic heterocycles. The highest BCUT2D eigenvalue weighted by atomic mass is 35.5. The van der Waals surface area contributed by atoms with Crippen LogP contribution in [0.1, 0.15) is 5.76 Å². The van der Waals surface area contributed by atoms with E-state index in [4.69, 9.17) is 27.6 Å². The fourth-order valence-corrected chi connectivity index (χ4v) is 2.16. The van der Waals surface area contributed by atoms with Crippen LogP contribution in [0.4, 0.5) is 4.79 Å². The van der Waals surface area contributed by atoms with Crippen LogP contribution in [0.25, 0.3) is 17.4 Å². The number of amides is 3. The highest BCUT2D eigenvalue weighted by molar-refractivity contribution is 6.42. The number of carbonyl (C=O) groups excluding carboxylic acids is 2. The Bertz CT molecular complexity index is 780. The van der Waals surface area contributed by atoms with Crippen molar-refractivity contribution in [2.45, 2.75) is 0 Å². The second kappa shape index (κ2) is 5.27. The summed E-state index contributed by atoms with van der Waals surface area (Å²) in [7, 11) is 0. The van der Waals surface area contributed by atoms with E-state index in [2.05, 4.69) is 10.6 Å². The van der Waals surface area contributed by atoms with Crippen molar-refractivity contribution in [3.8, 4) is 11.3 Å². The molecule has 0 saturated carbocycles. The molecular weight excluding hydrogens is 315 g/mol. The summed E-state index contributed by atoms with van der Waals surface area (Å²) in [5, 5.41) is 5.37. The molecule has 0 unspecified atom stereocenters. The molecule has 3 amide bonds. The lowest BCUT2D eigenvalue weighted by Gasteiger charge is -1.99. The topological polar surface area (TPSA) is 71.3 Å². The van der Waals surface area contributed by atoms with E-state index in [1.54, 1.807) is 30.3 Å². The van der Waals surface area contributed by atoms with Crippen molar-refractivity contribution in [2.75, 3.05) is 0 Å². The Hall–Kier alpha value is -2.24. The van der Waals surface area contributed by atoms with Crippen molar-refractivity contribution in [3.63, 3.8) is 0 Å². The van der Waals surface area contributed by atoms with Gasteiger partial charge in [0.15, 0.2) is 0 Å². The van der Waals surface area contributed by atoms with Crippen LogP contribution in [0.15, 0.2) is 40.4 Å². The summed E-state index contributed by atoms with van der Waals surface area (Å²) in [5.74, 6) is 0.515. The van der Waals surface area contributed by atoms with Crippen LogP contribution in [0.3, 0.4) is 0 Å². The molecule has 1 aliphatic rings. The van der Waals surface area contributed by atoms with E-state index in [0.29, 0.717) is 21.6 Å². The molecule has 1 saturated heterocycles. The molecule has 3 rings (SSSR count). The summed E-state index contributed by atoms with van der Waals surface area (Å²) in [4.78, 5) is 22.4. The standard InChI is InChI=1S/C14H8Cl2N2O3/c15-9-3-1-7(5-10(9)16)12-4-2-8(21-12)6-11-13(19)18-14(20)17-11/h1-6H,(H2,17,18,19,20)/b11-6+. The minimum Gasteiger partial charge on any atom is -0.457 e. The largest absolute Gasteiger partial charge is 0.457 e. The molecule has 2 aromatic rings. The number of nitrogens with one attached hydrogen (secondary N) is 2. The van der Waals surface area contributed by atoms with E-state index in [-0.39, 0.29) is 5.70 Å². The van der Waals surface area contributed by atoms with Crippen molar-refractivity contribution < 1.29 is 14.0 Å². The maximum Gasteiger partial charge on any atom is 0.326 e. The smallest absolute Gasteiger partial charge is 0.326 e. The lowest BCUT2D eigenvalue weighted by molar-refractivity contribution is -0.115. The van der Waals surface area contributed by atoms with E-state index in [0.717, 1.165) is 5.56 Å². The molecule has 106 valence electrons. The number of halogens is 2. The number of benzene rings is 1. The SMILES string of the molecule is O=C1NC(=O)/C(=C\c2ccc(-c3ccc(Cl)c(Cl)c3)o2)N1. The fraction of sp³-hybridized carbons (Fsp3) is 0. The quantitative estimate of drug-likeness (QED) is 0.657. The van der Waals surface area contributed by atoms with Gasteiger partial charge >= 0.3 is 6.03 Å². The predicted octanol–water partition coefficient (Wildman–Crippen LogP) is 3.43. The first-order valence-corrected chi connectivity index (χ1v) is 6.68. The van der Waals surface area contributed by atoms with Gasteiger partial charge in [-0.2, -0.15) is 0 Å². The van der Waals surface area contributed by atoms with Gasteiger partial charge in [0.25, 0.3) is 5.91 Å². The van der Waals surface area contributed by atoms with E-state index in [9.17, 15) is 9.59 Å². The second-order valence-corrected chi connectivity index (χ2v) is 5.11. The average molecular weight is 323 g/mol. The van der Waals surface area contributed by atoms with E-state index in [1.165, 1.54) is 6.08 Å². The zero-order valence-electron chi connectivity index (χ0n) is 10.4. The second-order valence-electron chi connectivity index (χ2n) is 4.30. The van der Waals surface area contributed by atoms with Gasteiger partial charge in [-0.25, -0.2) is 4.79 Å². The van der Waals surface area contributed by atoms with Crippen LogP contribution >= 0.6 is 23.2 Å². The molecule has 1 aromatic carbocycles. The molecular formula is C14H8Cl2N2O3. The number of imide groups is 1. The molecule has 1 aliphatic heterocycles. The van der Waals surface area contributed by atoms with E-state index < -0.39 is 11.9 Å². The van der Waals surface area contributed by atoms with E-state index in [1.807, 2.05) is 0 Å². The first-order chi connectivity index (χ1) is 10.0. The zero-order chi connectivity index (χ0) is 15.0. The Labute approximate surface area is 129 Å². The molecule has 1 fully saturated rings. The normalized spacial score (nSPS) is 16.2. The van der Waals surface area contributed by atoms with Gasteiger partial charge in [0.05, 0.1) is 10.0 Å². The van der Waals surface area contributed by atoms with Crippen LogP contribution in [0, 0.1) is 0 Å². The van der Waals surface area contributed by atoms with Crippen LogP contribution in [0.5, 0.6) is 0 Å². The van der Waals surface area contributed by atoms with Gasteiger partial charge in [-0.1, -0.05) is 23.2 Å². The molecule has 0 radical (unpaired) electrons. The summed E-state index contributed by atoms with van der Waals surface area (Å²) >= 11 is 11.8. The van der Waals surface area contributed by atoms with Gasteiger partial charge in [-0.3, -0.25) is 10.1 Å². The summed E-state index contributed by atoms with van der Waals surface area (Å²) < 4.78 is 5.60. The number of hydrogen-bond donors (Lipinski definition) is 2. The van der Waals surface area contributed by atoms with Gasteiger partial charge in [-0.15, -0.1) is 0 Å². The van der Waals surface area contributed by atoms with Crippen LogP contribution < -0.4 is 10.6 Å². The highest BCUT2D eigenvalue weighted by Crippen LogP contribution is 2.30. The predicted molar refractivity (Wildman–Crippen MR) is 78.8 cm³/mol. The molecule has 0 spiro atoms. The van der Waals surface area contributed by atoms with Crippen LogP contribution in [0.2, 0.25) is 10.0 Å². The minimum absolute atomic E-state index is 0.134. The third kappa shape index (κ3) is 2.79. The Morgan fingerprint density at radius 2 is 1.81 bits per heavy atom. The summed E-state index contributed by atoms with van der Waals surface area (Å²) in [6.07, 6.45) is 1.45. The van der Waals surface area contributed by atoms with Crippen molar-refractivity contribution in [1.82, 2.24) is 10.6 Å².